The fourth-order valence-electron chi connectivity index (χ4n) is 4.47. The van der Waals surface area contributed by atoms with Crippen LogP contribution in [0.4, 0.5) is 4.39 Å². The second-order valence-corrected chi connectivity index (χ2v) is 8.57. The first kappa shape index (κ1) is 18.6. The standard InChI is InChI=1S/C22H30FN3O/c1-22(8-12-26(13-9-22)19-6-10-25(2)11-7-19)21-24-16-20(27-21)15-17-4-3-5-18(23)14-17/h3-5,14,16,19H,6-13,15H2,1-2H3. The zero-order valence-corrected chi connectivity index (χ0v) is 16.5. The lowest BCUT2D eigenvalue weighted by atomic mass is 9.79. The fourth-order valence-corrected chi connectivity index (χ4v) is 4.47. The molecule has 2 aliphatic rings. The van der Waals surface area contributed by atoms with Gasteiger partial charge in [-0.15, -0.1) is 0 Å². The van der Waals surface area contributed by atoms with Crippen molar-refractivity contribution in [3.63, 3.8) is 0 Å². The van der Waals surface area contributed by atoms with Gasteiger partial charge in [-0.1, -0.05) is 19.1 Å². The molecule has 0 atom stereocenters. The van der Waals surface area contributed by atoms with Gasteiger partial charge in [-0.25, -0.2) is 9.37 Å². The number of halogens is 1. The maximum atomic E-state index is 13.4. The van der Waals surface area contributed by atoms with Crippen molar-refractivity contribution in [2.45, 2.75) is 50.5 Å². The van der Waals surface area contributed by atoms with Gasteiger partial charge in [0.2, 0.25) is 0 Å². The van der Waals surface area contributed by atoms with E-state index in [0.29, 0.717) is 6.42 Å². The summed E-state index contributed by atoms with van der Waals surface area (Å²) in [6, 6.07) is 7.42. The molecule has 4 rings (SSSR count). The van der Waals surface area contributed by atoms with Crippen molar-refractivity contribution in [1.29, 1.82) is 0 Å². The molecule has 0 saturated carbocycles. The van der Waals surface area contributed by atoms with Gasteiger partial charge in [-0.2, -0.15) is 0 Å². The average molecular weight is 372 g/mol. The predicted molar refractivity (Wildman–Crippen MR) is 104 cm³/mol. The largest absolute Gasteiger partial charge is 0.445 e. The van der Waals surface area contributed by atoms with Gasteiger partial charge in [-0.05, 0) is 76.6 Å². The molecule has 0 unspecified atom stereocenters. The lowest BCUT2D eigenvalue weighted by molar-refractivity contribution is 0.0717. The number of rotatable bonds is 4. The Morgan fingerprint density at radius 3 is 2.63 bits per heavy atom. The highest BCUT2D eigenvalue weighted by atomic mass is 19.1. The van der Waals surface area contributed by atoms with Crippen LogP contribution in [0.3, 0.4) is 0 Å². The molecular formula is C22H30FN3O. The Balaban J connectivity index is 1.37. The third-order valence-corrected chi connectivity index (χ3v) is 6.44. The molecule has 27 heavy (non-hydrogen) atoms. The third kappa shape index (κ3) is 4.25. The summed E-state index contributed by atoms with van der Waals surface area (Å²) in [5.41, 5.74) is 0.919. The number of oxazole rings is 1. The number of hydrogen-bond acceptors (Lipinski definition) is 4. The highest BCUT2D eigenvalue weighted by molar-refractivity contribution is 5.21. The monoisotopic (exact) mass is 371 g/mol. The van der Waals surface area contributed by atoms with E-state index in [9.17, 15) is 4.39 Å². The van der Waals surface area contributed by atoms with Crippen LogP contribution in [-0.4, -0.2) is 54.1 Å². The number of piperidine rings is 2. The van der Waals surface area contributed by atoms with Crippen molar-refractivity contribution in [1.82, 2.24) is 14.8 Å². The highest BCUT2D eigenvalue weighted by Gasteiger charge is 2.38. The van der Waals surface area contributed by atoms with Crippen LogP contribution in [0.25, 0.3) is 0 Å². The van der Waals surface area contributed by atoms with Crippen molar-refractivity contribution in [3.05, 3.63) is 53.5 Å². The maximum absolute atomic E-state index is 13.4. The molecule has 2 aliphatic heterocycles. The Bertz CT molecular complexity index is 758. The van der Waals surface area contributed by atoms with Crippen molar-refractivity contribution >= 4 is 0 Å². The second kappa shape index (κ2) is 7.72. The molecule has 3 heterocycles. The summed E-state index contributed by atoms with van der Waals surface area (Å²) in [4.78, 5) is 9.69. The van der Waals surface area contributed by atoms with Crippen molar-refractivity contribution < 1.29 is 8.81 Å². The second-order valence-electron chi connectivity index (χ2n) is 8.57. The Kier molecular flexibility index (Phi) is 5.33. The maximum Gasteiger partial charge on any atom is 0.200 e. The van der Waals surface area contributed by atoms with Crippen LogP contribution in [0.15, 0.2) is 34.9 Å². The first-order valence-electron chi connectivity index (χ1n) is 10.1. The number of nitrogens with zero attached hydrogens (tertiary/aromatic N) is 3. The van der Waals surface area contributed by atoms with E-state index in [0.717, 1.165) is 49.2 Å². The molecule has 1 aromatic carbocycles. The summed E-state index contributed by atoms with van der Waals surface area (Å²) in [5, 5.41) is 0. The van der Waals surface area contributed by atoms with Gasteiger partial charge in [0, 0.05) is 17.9 Å². The minimum atomic E-state index is -0.208. The van der Waals surface area contributed by atoms with E-state index >= 15 is 0 Å². The van der Waals surface area contributed by atoms with Crippen molar-refractivity contribution in [2.24, 2.45) is 0 Å². The molecule has 1 aromatic heterocycles. The predicted octanol–water partition coefficient (Wildman–Crippen LogP) is 3.85. The van der Waals surface area contributed by atoms with Crippen LogP contribution in [0.1, 0.15) is 49.8 Å². The van der Waals surface area contributed by atoms with E-state index in [1.54, 1.807) is 12.1 Å². The van der Waals surface area contributed by atoms with Crippen molar-refractivity contribution in [3.8, 4) is 0 Å². The van der Waals surface area contributed by atoms with Gasteiger partial charge in [0.15, 0.2) is 5.89 Å². The molecule has 0 spiro atoms. The van der Waals surface area contributed by atoms with E-state index in [4.69, 9.17) is 4.42 Å². The van der Waals surface area contributed by atoms with Gasteiger partial charge >= 0.3 is 0 Å². The normalized spacial score (nSPS) is 22.2. The zero-order chi connectivity index (χ0) is 18.9. The molecule has 0 N–H and O–H groups in total. The zero-order valence-electron chi connectivity index (χ0n) is 16.5. The summed E-state index contributed by atoms with van der Waals surface area (Å²) in [7, 11) is 2.22. The van der Waals surface area contributed by atoms with Gasteiger partial charge in [-0.3, -0.25) is 0 Å². The minimum absolute atomic E-state index is 0.00213. The van der Waals surface area contributed by atoms with E-state index in [1.807, 2.05) is 12.3 Å². The first-order chi connectivity index (χ1) is 13.0. The Hall–Kier alpha value is -1.72. The van der Waals surface area contributed by atoms with Gasteiger partial charge in [0.05, 0.1) is 6.20 Å². The Morgan fingerprint density at radius 1 is 1.19 bits per heavy atom. The van der Waals surface area contributed by atoms with Crippen LogP contribution >= 0.6 is 0 Å². The van der Waals surface area contributed by atoms with E-state index in [-0.39, 0.29) is 11.2 Å². The summed E-state index contributed by atoms with van der Waals surface area (Å²) < 4.78 is 19.5. The molecule has 5 heteroatoms. The molecule has 4 nitrogen and oxygen atoms in total. The quantitative estimate of drug-likeness (QED) is 0.817. The summed E-state index contributed by atoms with van der Waals surface area (Å²) >= 11 is 0. The van der Waals surface area contributed by atoms with Gasteiger partial charge in [0.1, 0.15) is 11.6 Å². The number of likely N-dealkylation sites (tertiary alicyclic amines) is 2. The first-order valence-corrected chi connectivity index (χ1v) is 10.1. The Labute approximate surface area is 161 Å². The third-order valence-electron chi connectivity index (χ3n) is 6.44. The molecule has 0 radical (unpaired) electrons. The molecule has 0 amide bonds. The lowest BCUT2D eigenvalue weighted by Gasteiger charge is -2.43. The fraction of sp³-hybridized carbons (Fsp3) is 0.591. The van der Waals surface area contributed by atoms with Crippen LogP contribution < -0.4 is 0 Å². The molecular weight excluding hydrogens is 341 g/mol. The number of aromatic nitrogens is 1. The van der Waals surface area contributed by atoms with Crippen molar-refractivity contribution in [2.75, 3.05) is 33.2 Å². The molecule has 2 fully saturated rings. The topological polar surface area (TPSA) is 32.5 Å². The molecule has 146 valence electrons. The number of hydrogen-bond donors (Lipinski definition) is 0. The smallest absolute Gasteiger partial charge is 0.200 e. The number of benzene rings is 1. The summed E-state index contributed by atoms with van der Waals surface area (Å²) in [6.45, 7) is 6.93. The summed E-state index contributed by atoms with van der Waals surface area (Å²) in [5.74, 6) is 1.45. The molecule has 0 bridgehead atoms. The minimum Gasteiger partial charge on any atom is -0.445 e. The lowest BCUT2D eigenvalue weighted by Crippen LogP contribution is -2.49. The average Bonchev–Trinajstić information content (AvgIpc) is 3.13. The highest BCUT2D eigenvalue weighted by Crippen LogP contribution is 2.36. The SMILES string of the molecule is CN1CCC(N2CCC(C)(c3ncc(Cc4cccc(F)c4)o3)CC2)CC1. The van der Waals surface area contributed by atoms with Crippen LogP contribution in [-0.2, 0) is 11.8 Å². The van der Waals surface area contributed by atoms with E-state index in [2.05, 4.69) is 28.8 Å². The van der Waals surface area contributed by atoms with Crippen LogP contribution in [0.5, 0.6) is 0 Å². The van der Waals surface area contributed by atoms with Gasteiger partial charge < -0.3 is 14.2 Å². The Morgan fingerprint density at radius 2 is 1.93 bits per heavy atom. The van der Waals surface area contributed by atoms with E-state index < -0.39 is 0 Å². The summed E-state index contributed by atoms with van der Waals surface area (Å²) in [6.07, 6.45) is 7.13. The van der Waals surface area contributed by atoms with Crippen LogP contribution in [0, 0.1) is 5.82 Å². The van der Waals surface area contributed by atoms with E-state index in [1.165, 1.54) is 32.0 Å². The van der Waals surface area contributed by atoms with Crippen LogP contribution in [0.2, 0.25) is 0 Å². The molecule has 2 aromatic rings. The van der Waals surface area contributed by atoms with Gasteiger partial charge in [0.25, 0.3) is 0 Å². The molecule has 2 saturated heterocycles. The molecule has 0 aliphatic carbocycles.